The largest absolute Gasteiger partial charge is 0.485 e. The van der Waals surface area contributed by atoms with Gasteiger partial charge in [0.05, 0.1) is 18.1 Å². The number of anilines is 1. The van der Waals surface area contributed by atoms with E-state index >= 15 is 0 Å². The Morgan fingerprint density at radius 1 is 1.04 bits per heavy atom. The van der Waals surface area contributed by atoms with E-state index in [1.165, 1.54) is 6.07 Å². The second-order valence-electron chi connectivity index (χ2n) is 6.76. The lowest BCUT2D eigenvalue weighted by Crippen LogP contribution is -2.47. The summed E-state index contributed by atoms with van der Waals surface area (Å²) < 4.78 is 25.0. The molecule has 0 saturated carbocycles. The van der Waals surface area contributed by atoms with Gasteiger partial charge in [0.2, 0.25) is 0 Å². The van der Waals surface area contributed by atoms with Gasteiger partial charge in [-0.25, -0.2) is 4.39 Å². The number of aliphatic hydroxyl groups is 1. The minimum Gasteiger partial charge on any atom is -0.485 e. The van der Waals surface area contributed by atoms with Gasteiger partial charge in [-0.3, -0.25) is 4.90 Å². The molecule has 1 N–H and O–H groups in total. The van der Waals surface area contributed by atoms with Gasteiger partial charge in [-0.1, -0.05) is 18.2 Å². The monoisotopic (exact) mass is 370 g/mol. The van der Waals surface area contributed by atoms with E-state index in [0.717, 1.165) is 31.7 Å². The highest BCUT2D eigenvalue weighted by Crippen LogP contribution is 2.32. The predicted molar refractivity (Wildman–Crippen MR) is 102 cm³/mol. The molecule has 27 heavy (non-hydrogen) atoms. The van der Waals surface area contributed by atoms with Crippen molar-refractivity contribution in [1.82, 2.24) is 4.90 Å². The average Bonchev–Trinajstić information content (AvgIpc) is 2.94. The van der Waals surface area contributed by atoms with Crippen LogP contribution in [0.25, 0.3) is 0 Å². The fraction of sp³-hybridized carbons (Fsp3) is 0.333. The number of hydrogen-bond acceptors (Lipinski definition) is 5. The van der Waals surface area contributed by atoms with Gasteiger partial charge in [0.25, 0.3) is 0 Å². The summed E-state index contributed by atoms with van der Waals surface area (Å²) in [6, 6.07) is 12.4. The summed E-state index contributed by atoms with van der Waals surface area (Å²) in [5.41, 5.74) is 1.44. The van der Waals surface area contributed by atoms with Crippen LogP contribution in [0.5, 0.6) is 11.5 Å². The lowest BCUT2D eigenvalue weighted by molar-refractivity contribution is 0.109. The number of fused-ring (bicyclic) bond motifs is 1. The number of piperazine rings is 1. The van der Waals surface area contributed by atoms with Gasteiger partial charge in [-0.15, -0.1) is 0 Å². The minimum atomic E-state index is -0.619. The Labute approximate surface area is 158 Å². The Balaban J connectivity index is 1.36. The first kappa shape index (κ1) is 17.8. The highest BCUT2D eigenvalue weighted by atomic mass is 19.1. The van der Waals surface area contributed by atoms with E-state index in [1.54, 1.807) is 18.4 Å². The Morgan fingerprint density at radius 2 is 1.85 bits per heavy atom. The molecule has 0 spiro atoms. The Morgan fingerprint density at radius 3 is 2.67 bits per heavy atom. The number of hydrogen-bond donors (Lipinski definition) is 1. The van der Waals surface area contributed by atoms with Crippen molar-refractivity contribution in [2.45, 2.75) is 6.10 Å². The summed E-state index contributed by atoms with van der Waals surface area (Å²) in [4.78, 5) is 4.25. The van der Waals surface area contributed by atoms with Crippen molar-refractivity contribution in [1.29, 1.82) is 0 Å². The quantitative estimate of drug-likeness (QED) is 0.897. The molecular formula is C21H23FN2O3. The number of benzene rings is 2. The number of β-amino-alcohol motifs (C(OH)–C–C–N with tert-alkyl or cyclic N) is 1. The summed E-state index contributed by atoms with van der Waals surface area (Å²) >= 11 is 0. The van der Waals surface area contributed by atoms with E-state index in [1.807, 2.05) is 30.3 Å². The molecule has 0 radical (unpaired) electrons. The van der Waals surface area contributed by atoms with Gasteiger partial charge in [-0.05, 0) is 35.9 Å². The summed E-state index contributed by atoms with van der Waals surface area (Å²) in [5.74, 6) is 1.10. The molecule has 2 heterocycles. The average molecular weight is 370 g/mol. The zero-order chi connectivity index (χ0) is 18.6. The van der Waals surface area contributed by atoms with E-state index in [0.29, 0.717) is 30.3 Å². The number of rotatable bonds is 4. The van der Waals surface area contributed by atoms with Crippen LogP contribution in [0.1, 0.15) is 11.7 Å². The van der Waals surface area contributed by atoms with Crippen molar-refractivity contribution in [3.8, 4) is 11.5 Å². The molecule has 0 bridgehead atoms. The number of ether oxygens (including phenoxy) is 2. The normalized spacial score (nSPS) is 18.2. The number of para-hydroxylation sites is 1. The van der Waals surface area contributed by atoms with Crippen molar-refractivity contribution in [2.24, 2.45) is 0 Å². The first-order valence-electron chi connectivity index (χ1n) is 9.19. The van der Waals surface area contributed by atoms with Gasteiger partial charge in [0.15, 0.2) is 11.5 Å². The standard InChI is InChI=1S/C21H23FN2O3/c22-17-4-1-2-5-18(17)24-10-8-23(9-11-24)15-19(25)16-6-7-20-21(14-16)27-13-3-12-26-20/h1-7,13-14,19,25H,8-12,15H2. The van der Waals surface area contributed by atoms with Crippen LogP contribution >= 0.6 is 0 Å². The van der Waals surface area contributed by atoms with Crippen molar-refractivity contribution in [3.63, 3.8) is 0 Å². The van der Waals surface area contributed by atoms with Crippen LogP contribution in [-0.4, -0.2) is 49.3 Å². The molecule has 2 aromatic rings. The topological polar surface area (TPSA) is 45.2 Å². The fourth-order valence-electron chi connectivity index (χ4n) is 3.47. The van der Waals surface area contributed by atoms with Crippen molar-refractivity contribution < 1.29 is 19.0 Å². The first-order chi connectivity index (χ1) is 13.2. The fourth-order valence-corrected chi connectivity index (χ4v) is 3.47. The summed E-state index contributed by atoms with van der Waals surface area (Å²) in [6.07, 6.45) is 2.78. The molecule has 1 fully saturated rings. The Bertz CT molecular complexity index is 819. The van der Waals surface area contributed by atoms with Crippen molar-refractivity contribution in [2.75, 3.05) is 44.2 Å². The van der Waals surface area contributed by atoms with Crippen LogP contribution < -0.4 is 14.4 Å². The van der Waals surface area contributed by atoms with Crippen molar-refractivity contribution in [3.05, 3.63) is 66.2 Å². The van der Waals surface area contributed by atoms with E-state index in [-0.39, 0.29) is 5.82 Å². The number of nitrogens with zero attached hydrogens (tertiary/aromatic N) is 2. The molecule has 0 aromatic heterocycles. The molecule has 5 nitrogen and oxygen atoms in total. The molecule has 1 unspecified atom stereocenters. The van der Waals surface area contributed by atoms with Crippen molar-refractivity contribution >= 4 is 5.69 Å². The Hall–Kier alpha value is -2.57. The van der Waals surface area contributed by atoms with E-state index < -0.39 is 6.10 Å². The van der Waals surface area contributed by atoms with E-state index in [2.05, 4.69) is 9.80 Å². The summed E-state index contributed by atoms with van der Waals surface area (Å²) in [7, 11) is 0. The van der Waals surface area contributed by atoms with E-state index in [4.69, 9.17) is 9.47 Å². The third-order valence-electron chi connectivity index (χ3n) is 4.98. The second kappa shape index (κ2) is 7.98. The SMILES string of the molecule is OC(CN1CCN(c2ccccc2F)CC1)c1ccc2c(c1)OC=CCO2. The lowest BCUT2D eigenvalue weighted by Gasteiger charge is -2.37. The zero-order valence-corrected chi connectivity index (χ0v) is 15.1. The van der Waals surface area contributed by atoms with Crippen LogP contribution in [0.3, 0.4) is 0 Å². The zero-order valence-electron chi connectivity index (χ0n) is 15.1. The predicted octanol–water partition coefficient (Wildman–Crippen LogP) is 2.97. The van der Waals surface area contributed by atoms with Gasteiger partial charge in [0.1, 0.15) is 12.4 Å². The molecular weight excluding hydrogens is 347 g/mol. The highest BCUT2D eigenvalue weighted by molar-refractivity contribution is 5.48. The van der Waals surface area contributed by atoms with Gasteiger partial charge in [0, 0.05) is 32.7 Å². The Kier molecular flexibility index (Phi) is 5.27. The molecule has 0 aliphatic carbocycles. The second-order valence-corrected chi connectivity index (χ2v) is 6.76. The van der Waals surface area contributed by atoms with Gasteiger partial charge < -0.3 is 19.5 Å². The molecule has 142 valence electrons. The molecule has 4 rings (SSSR count). The van der Waals surface area contributed by atoms with Crippen LogP contribution in [-0.2, 0) is 0 Å². The maximum atomic E-state index is 13.9. The molecule has 2 aliphatic rings. The van der Waals surface area contributed by atoms with Crippen LogP contribution in [0.2, 0.25) is 0 Å². The maximum absolute atomic E-state index is 13.9. The summed E-state index contributed by atoms with van der Waals surface area (Å²) in [6.45, 7) is 4.03. The number of halogens is 1. The third-order valence-corrected chi connectivity index (χ3v) is 4.98. The van der Waals surface area contributed by atoms with Gasteiger partial charge >= 0.3 is 0 Å². The number of aliphatic hydroxyl groups excluding tert-OH is 1. The smallest absolute Gasteiger partial charge is 0.168 e. The van der Waals surface area contributed by atoms with Crippen LogP contribution in [0, 0.1) is 5.82 Å². The van der Waals surface area contributed by atoms with Gasteiger partial charge in [-0.2, -0.15) is 0 Å². The molecule has 0 amide bonds. The molecule has 2 aliphatic heterocycles. The lowest BCUT2D eigenvalue weighted by atomic mass is 10.1. The molecule has 6 heteroatoms. The maximum Gasteiger partial charge on any atom is 0.168 e. The molecule has 1 atom stereocenters. The third kappa shape index (κ3) is 4.07. The summed E-state index contributed by atoms with van der Waals surface area (Å²) in [5, 5.41) is 10.6. The first-order valence-corrected chi connectivity index (χ1v) is 9.19. The van der Waals surface area contributed by atoms with E-state index in [9.17, 15) is 9.50 Å². The molecule has 1 saturated heterocycles. The van der Waals surface area contributed by atoms with Crippen LogP contribution in [0.15, 0.2) is 54.8 Å². The van der Waals surface area contributed by atoms with Crippen LogP contribution in [0.4, 0.5) is 10.1 Å². The molecule has 2 aromatic carbocycles. The highest BCUT2D eigenvalue weighted by Gasteiger charge is 2.22. The minimum absolute atomic E-state index is 0.188.